The molecule has 2 aromatic carbocycles. The second kappa shape index (κ2) is 5.34. The van der Waals surface area contributed by atoms with Gasteiger partial charge >= 0.3 is 5.97 Å². The van der Waals surface area contributed by atoms with Crippen LogP contribution in [-0.2, 0) is 9.59 Å². The van der Waals surface area contributed by atoms with Crippen molar-refractivity contribution in [1.29, 1.82) is 0 Å². The molecule has 1 atom stereocenters. The zero-order valence-electron chi connectivity index (χ0n) is 13.3. The maximum Gasteiger partial charge on any atom is 0.303 e. The maximum absolute atomic E-state index is 12.5. The lowest BCUT2D eigenvalue weighted by Crippen LogP contribution is -2.05. The molecule has 1 heterocycles. The van der Waals surface area contributed by atoms with Crippen molar-refractivity contribution >= 4 is 28.7 Å². The van der Waals surface area contributed by atoms with Crippen LogP contribution in [0.2, 0.25) is 0 Å². The van der Waals surface area contributed by atoms with Gasteiger partial charge in [0.1, 0.15) is 0 Å². The van der Waals surface area contributed by atoms with Gasteiger partial charge in [0.2, 0.25) is 0 Å². The lowest BCUT2D eigenvalue weighted by atomic mass is 9.96. The SMILES string of the molecule is Cc1ccc2c(c1)C(CC(=O)O)C/C2=C1/C(=O)Nc2ccccc21. The standard InChI is InChI=1S/C20H17NO3/c1-11-6-7-13-15(8-11)12(10-18(22)23)9-16(13)19-14-4-2-3-5-17(14)21-20(19)24/h2-8,12H,9-10H2,1H3,(H,21,24)(H,22,23)/b19-16-. The molecular formula is C20H17NO3. The molecule has 0 bridgehead atoms. The molecule has 2 N–H and O–H groups in total. The van der Waals surface area contributed by atoms with Crippen molar-refractivity contribution in [3.8, 4) is 0 Å². The van der Waals surface area contributed by atoms with Gasteiger partial charge in [-0.3, -0.25) is 9.59 Å². The normalized spacial score (nSPS) is 21.4. The summed E-state index contributed by atoms with van der Waals surface area (Å²) in [6, 6.07) is 13.7. The minimum Gasteiger partial charge on any atom is -0.481 e. The summed E-state index contributed by atoms with van der Waals surface area (Å²) in [7, 11) is 0. The van der Waals surface area contributed by atoms with Crippen LogP contribution in [0.1, 0.15) is 41.0 Å². The van der Waals surface area contributed by atoms with E-state index in [-0.39, 0.29) is 18.2 Å². The summed E-state index contributed by atoms with van der Waals surface area (Å²) in [5, 5.41) is 12.1. The zero-order chi connectivity index (χ0) is 16.8. The Hall–Kier alpha value is -2.88. The first-order valence-electron chi connectivity index (χ1n) is 8.01. The molecule has 120 valence electrons. The van der Waals surface area contributed by atoms with Gasteiger partial charge in [0, 0.05) is 11.3 Å². The van der Waals surface area contributed by atoms with E-state index in [1.165, 1.54) is 0 Å². The molecule has 0 fully saturated rings. The van der Waals surface area contributed by atoms with Gasteiger partial charge in [-0.1, -0.05) is 42.0 Å². The number of aliphatic carboxylic acids is 1. The number of allylic oxidation sites excluding steroid dienone is 1. The van der Waals surface area contributed by atoms with Gasteiger partial charge in [-0.05, 0) is 42.0 Å². The number of amides is 1. The molecular weight excluding hydrogens is 302 g/mol. The van der Waals surface area contributed by atoms with E-state index in [1.54, 1.807) is 0 Å². The molecule has 4 heteroatoms. The second-order valence-corrected chi connectivity index (χ2v) is 6.44. The molecule has 2 aliphatic rings. The number of rotatable bonds is 2. The number of carbonyl (C=O) groups excluding carboxylic acids is 1. The average molecular weight is 319 g/mol. The van der Waals surface area contributed by atoms with Gasteiger partial charge in [0.15, 0.2) is 0 Å². The summed E-state index contributed by atoms with van der Waals surface area (Å²) < 4.78 is 0. The maximum atomic E-state index is 12.5. The van der Waals surface area contributed by atoms with E-state index in [1.807, 2.05) is 43.3 Å². The lowest BCUT2D eigenvalue weighted by molar-refractivity contribution is -0.137. The van der Waals surface area contributed by atoms with Crippen LogP contribution in [0.15, 0.2) is 42.5 Å². The lowest BCUT2D eigenvalue weighted by Gasteiger charge is -2.08. The first-order chi connectivity index (χ1) is 11.5. The van der Waals surface area contributed by atoms with Gasteiger partial charge in [0.25, 0.3) is 5.91 Å². The number of nitrogens with one attached hydrogen (secondary N) is 1. The fourth-order valence-electron chi connectivity index (χ4n) is 3.81. The summed E-state index contributed by atoms with van der Waals surface area (Å²) in [4.78, 5) is 23.8. The summed E-state index contributed by atoms with van der Waals surface area (Å²) in [6.07, 6.45) is 0.665. The van der Waals surface area contributed by atoms with Crippen LogP contribution in [-0.4, -0.2) is 17.0 Å². The Morgan fingerprint density at radius 2 is 2.00 bits per heavy atom. The van der Waals surface area contributed by atoms with Crippen molar-refractivity contribution in [3.63, 3.8) is 0 Å². The molecule has 0 aromatic heterocycles. The average Bonchev–Trinajstić information content (AvgIpc) is 3.03. The van der Waals surface area contributed by atoms with Crippen molar-refractivity contribution in [2.45, 2.75) is 25.7 Å². The fraction of sp³-hybridized carbons (Fsp3) is 0.200. The second-order valence-electron chi connectivity index (χ2n) is 6.44. The van der Waals surface area contributed by atoms with Crippen LogP contribution in [0.3, 0.4) is 0 Å². The smallest absolute Gasteiger partial charge is 0.303 e. The zero-order valence-corrected chi connectivity index (χ0v) is 13.3. The van der Waals surface area contributed by atoms with Crippen LogP contribution in [0.4, 0.5) is 5.69 Å². The number of anilines is 1. The Bertz CT molecular complexity index is 911. The first kappa shape index (κ1) is 14.7. The molecule has 0 radical (unpaired) electrons. The number of hydrogen-bond donors (Lipinski definition) is 2. The summed E-state index contributed by atoms with van der Waals surface area (Å²) in [6.45, 7) is 2.00. The number of carbonyl (C=O) groups is 2. The minimum atomic E-state index is -0.810. The number of carboxylic acid groups (broad SMARTS) is 1. The highest BCUT2D eigenvalue weighted by molar-refractivity contribution is 6.37. The van der Waals surface area contributed by atoms with Crippen molar-refractivity contribution in [1.82, 2.24) is 0 Å². The van der Waals surface area contributed by atoms with E-state index in [0.717, 1.165) is 33.5 Å². The molecule has 24 heavy (non-hydrogen) atoms. The molecule has 0 saturated heterocycles. The Morgan fingerprint density at radius 1 is 1.21 bits per heavy atom. The topological polar surface area (TPSA) is 66.4 Å². The van der Waals surface area contributed by atoms with E-state index < -0.39 is 5.97 Å². The largest absolute Gasteiger partial charge is 0.481 e. The predicted octanol–water partition coefficient (Wildman–Crippen LogP) is 3.82. The third-order valence-electron chi connectivity index (χ3n) is 4.82. The molecule has 1 unspecified atom stereocenters. The number of hydrogen-bond acceptors (Lipinski definition) is 2. The van der Waals surface area contributed by atoms with E-state index in [0.29, 0.717) is 12.0 Å². The Labute approximate surface area is 139 Å². The highest BCUT2D eigenvalue weighted by atomic mass is 16.4. The van der Waals surface area contributed by atoms with Crippen molar-refractivity contribution in [2.24, 2.45) is 0 Å². The third kappa shape index (κ3) is 2.22. The summed E-state index contributed by atoms with van der Waals surface area (Å²) in [5.41, 5.74) is 6.51. The monoisotopic (exact) mass is 319 g/mol. The molecule has 0 spiro atoms. The van der Waals surface area contributed by atoms with Crippen LogP contribution in [0.5, 0.6) is 0 Å². The number of para-hydroxylation sites is 1. The highest BCUT2D eigenvalue weighted by Gasteiger charge is 2.35. The van der Waals surface area contributed by atoms with Gasteiger partial charge in [-0.2, -0.15) is 0 Å². The number of carboxylic acids is 1. The number of benzene rings is 2. The van der Waals surface area contributed by atoms with Crippen LogP contribution in [0.25, 0.3) is 11.1 Å². The Kier molecular flexibility index (Phi) is 3.27. The summed E-state index contributed by atoms with van der Waals surface area (Å²) in [5.74, 6) is -0.996. The highest BCUT2D eigenvalue weighted by Crippen LogP contribution is 2.48. The first-order valence-corrected chi connectivity index (χ1v) is 8.01. The van der Waals surface area contributed by atoms with Crippen LogP contribution in [0, 0.1) is 6.92 Å². The molecule has 4 nitrogen and oxygen atoms in total. The summed E-state index contributed by atoms with van der Waals surface area (Å²) >= 11 is 0. The quantitative estimate of drug-likeness (QED) is 0.827. The van der Waals surface area contributed by atoms with Gasteiger partial charge in [0.05, 0.1) is 12.0 Å². The van der Waals surface area contributed by atoms with Crippen molar-refractivity contribution in [2.75, 3.05) is 5.32 Å². The van der Waals surface area contributed by atoms with Crippen LogP contribution >= 0.6 is 0 Å². The Morgan fingerprint density at radius 3 is 2.79 bits per heavy atom. The molecule has 1 aliphatic heterocycles. The third-order valence-corrected chi connectivity index (χ3v) is 4.82. The van der Waals surface area contributed by atoms with E-state index in [2.05, 4.69) is 11.4 Å². The van der Waals surface area contributed by atoms with Crippen LogP contribution < -0.4 is 5.32 Å². The number of fused-ring (bicyclic) bond motifs is 2. The van der Waals surface area contributed by atoms with Gasteiger partial charge in [-0.15, -0.1) is 0 Å². The van der Waals surface area contributed by atoms with E-state index in [4.69, 9.17) is 0 Å². The van der Waals surface area contributed by atoms with E-state index >= 15 is 0 Å². The Balaban J connectivity index is 1.92. The van der Waals surface area contributed by atoms with Gasteiger partial charge < -0.3 is 10.4 Å². The minimum absolute atomic E-state index is 0.0799. The molecule has 4 rings (SSSR count). The molecule has 1 aliphatic carbocycles. The van der Waals surface area contributed by atoms with Crippen molar-refractivity contribution in [3.05, 3.63) is 64.7 Å². The van der Waals surface area contributed by atoms with Crippen molar-refractivity contribution < 1.29 is 14.7 Å². The molecule has 1 amide bonds. The number of aryl methyl sites for hydroxylation is 1. The fourth-order valence-corrected chi connectivity index (χ4v) is 3.81. The van der Waals surface area contributed by atoms with E-state index in [9.17, 15) is 14.7 Å². The predicted molar refractivity (Wildman–Crippen MR) is 92.7 cm³/mol. The van der Waals surface area contributed by atoms with Gasteiger partial charge in [-0.25, -0.2) is 0 Å². The molecule has 2 aromatic rings. The molecule has 0 saturated carbocycles.